The zero-order chi connectivity index (χ0) is 92.4. The standard InChI is InChI=1S/C38H27N.C38H29N.C30H27N.C23H20F3N/c1-39(37-22-12-8-15-28(37)26-13-3-2-4-14-26)27-23-24-32-31-18-7-11-21-35(31)38(36(32)25-27)33-19-9-5-16-29(33)30-17-6-10-20-34(30)38;1-39(37-24-14-12-21-32(37)28-15-5-2-6-16-28)31-25-26-34-33-22-11-13-23-35(33)38(36(34)27-31,29-17-7-3-8-18-29)30-19-9-4-10-20-30;1-31(29-16-8-6-13-24(29)22-11-3-2-4-12-22)23-17-18-26-25-14-5-7-15-27(25)30(28(26)21-23)19-9-10-20-30;1-22(2)20-7-5-4-6-18(20)19-13-12-17(14-21(19)22)27(3)16-10-8-15(9-11-16)23(24,25)26/h2-25H,1H3;2-27H,1H3;2-8,11-18,21H,9-10,19-20H2,1H3;4-14H,1-3H3. The third-order valence-electron chi connectivity index (χ3n) is 29.9. The topological polar surface area (TPSA) is 13.0 Å². The van der Waals surface area contributed by atoms with Crippen LogP contribution in [0.3, 0.4) is 0 Å². The number of nitrogens with zero attached hydrogens (tertiary/aromatic N) is 4. The van der Waals surface area contributed by atoms with Gasteiger partial charge in [0, 0.05) is 101 Å². The molecule has 0 amide bonds. The summed E-state index contributed by atoms with van der Waals surface area (Å²) >= 11 is 0. The van der Waals surface area contributed by atoms with Crippen LogP contribution >= 0.6 is 0 Å². The van der Waals surface area contributed by atoms with Crippen molar-refractivity contribution < 1.29 is 13.2 Å². The molecule has 0 N–H and O–H groups in total. The van der Waals surface area contributed by atoms with Crippen molar-refractivity contribution in [2.45, 2.75) is 67.4 Å². The Labute approximate surface area is 796 Å². The van der Waals surface area contributed by atoms with E-state index in [0.717, 1.165) is 23.5 Å². The molecule has 25 rings (SSSR count). The van der Waals surface area contributed by atoms with E-state index in [1.807, 2.05) is 24.1 Å². The van der Waals surface area contributed by atoms with Gasteiger partial charge in [0.05, 0.1) is 16.4 Å². The summed E-state index contributed by atoms with van der Waals surface area (Å²) < 4.78 is 38.4. The van der Waals surface area contributed by atoms with E-state index < -0.39 is 17.2 Å². The van der Waals surface area contributed by atoms with E-state index in [4.69, 9.17) is 0 Å². The van der Waals surface area contributed by atoms with Gasteiger partial charge < -0.3 is 19.6 Å². The highest BCUT2D eigenvalue weighted by Gasteiger charge is 2.53. The Morgan fingerprint density at radius 1 is 0.206 bits per heavy atom. The van der Waals surface area contributed by atoms with Crippen LogP contribution in [-0.4, -0.2) is 28.2 Å². The Bertz CT molecular complexity index is 7400. The molecular weight excluding hydrogens is 1660 g/mol. The predicted octanol–water partition coefficient (Wildman–Crippen LogP) is 33.7. The molecule has 136 heavy (non-hydrogen) atoms. The van der Waals surface area contributed by atoms with Crippen molar-refractivity contribution in [1.82, 2.24) is 0 Å². The molecule has 0 atom stereocenters. The average molecular weight is 1770 g/mol. The number of hydrogen-bond acceptors (Lipinski definition) is 4. The predicted molar refractivity (Wildman–Crippen MR) is 561 cm³/mol. The fourth-order valence-electron chi connectivity index (χ4n) is 23.3. The van der Waals surface area contributed by atoms with Crippen molar-refractivity contribution in [3.8, 4) is 89.0 Å². The molecule has 0 aromatic heterocycles. The molecule has 6 aliphatic carbocycles. The lowest BCUT2D eigenvalue weighted by molar-refractivity contribution is -0.137. The van der Waals surface area contributed by atoms with Gasteiger partial charge in [-0.15, -0.1) is 0 Å². The maximum absolute atomic E-state index is 12.8. The molecule has 0 saturated heterocycles. The fourth-order valence-corrected chi connectivity index (χ4v) is 23.3. The van der Waals surface area contributed by atoms with Gasteiger partial charge in [0.25, 0.3) is 0 Å². The number of rotatable bonds is 13. The Morgan fingerprint density at radius 2 is 0.456 bits per heavy atom. The molecule has 1 saturated carbocycles. The summed E-state index contributed by atoms with van der Waals surface area (Å²) in [5.74, 6) is 0. The van der Waals surface area contributed by atoms with Crippen LogP contribution < -0.4 is 19.6 Å². The number of benzene rings is 19. The monoisotopic (exact) mass is 1760 g/mol. The lowest BCUT2D eigenvalue weighted by Gasteiger charge is -2.34. The molecule has 4 nitrogen and oxygen atoms in total. The van der Waals surface area contributed by atoms with Gasteiger partial charge >= 0.3 is 6.18 Å². The van der Waals surface area contributed by atoms with Crippen molar-refractivity contribution in [3.05, 3.63) is 539 Å². The molecule has 7 heteroatoms. The van der Waals surface area contributed by atoms with Crippen LogP contribution in [0, 0.1) is 0 Å². The maximum Gasteiger partial charge on any atom is 0.416 e. The van der Waals surface area contributed by atoms with Crippen LogP contribution in [-0.2, 0) is 27.8 Å². The minimum Gasteiger partial charge on any atom is -0.345 e. The summed E-state index contributed by atoms with van der Waals surface area (Å²) in [5.41, 5.74) is 44.7. The highest BCUT2D eigenvalue weighted by atomic mass is 19.4. The summed E-state index contributed by atoms with van der Waals surface area (Å²) in [7, 11) is 8.44. The Balaban J connectivity index is 0.000000106. The molecule has 6 aliphatic rings. The zero-order valence-electron chi connectivity index (χ0n) is 77.2. The normalized spacial score (nSPS) is 14.0. The fraction of sp³-hybridized carbons (Fsp3) is 0.116. The summed E-state index contributed by atoms with van der Waals surface area (Å²) in [4.78, 5) is 8.94. The van der Waals surface area contributed by atoms with Gasteiger partial charge in [0.15, 0.2) is 0 Å². The number of fused-ring (bicyclic) bond motifs is 21. The van der Waals surface area contributed by atoms with Crippen LogP contribution in [0.2, 0.25) is 0 Å². The van der Waals surface area contributed by atoms with Gasteiger partial charge in [-0.3, -0.25) is 0 Å². The average Bonchev–Trinajstić information content (AvgIpc) is 1.50. The van der Waals surface area contributed by atoms with Crippen molar-refractivity contribution in [1.29, 1.82) is 0 Å². The summed E-state index contributed by atoms with van der Waals surface area (Å²) in [6.45, 7) is 4.42. The molecule has 1 fully saturated rings. The second kappa shape index (κ2) is 35.0. The number of hydrogen-bond donors (Lipinski definition) is 0. The van der Waals surface area contributed by atoms with Crippen LogP contribution in [0.1, 0.15) is 112 Å². The molecule has 0 radical (unpaired) electrons. The minimum atomic E-state index is -4.32. The largest absolute Gasteiger partial charge is 0.416 e. The van der Waals surface area contributed by atoms with Gasteiger partial charge in [-0.05, 0) is 243 Å². The highest BCUT2D eigenvalue weighted by Crippen LogP contribution is 2.65. The third-order valence-corrected chi connectivity index (χ3v) is 29.9. The minimum absolute atomic E-state index is 0.108. The number of alkyl halides is 3. The van der Waals surface area contributed by atoms with E-state index in [1.165, 1.54) is 222 Å². The van der Waals surface area contributed by atoms with Crippen LogP contribution in [0.4, 0.5) is 58.7 Å². The first-order chi connectivity index (χ1) is 66.5. The van der Waals surface area contributed by atoms with E-state index in [2.05, 4.69) is 480 Å². The Morgan fingerprint density at radius 3 is 0.831 bits per heavy atom. The summed E-state index contributed by atoms with van der Waals surface area (Å²) in [6, 6.07) is 166. The Hall–Kier alpha value is -15.8. The van der Waals surface area contributed by atoms with E-state index in [9.17, 15) is 13.2 Å². The molecule has 0 heterocycles. The summed E-state index contributed by atoms with van der Waals surface area (Å²) in [5, 5.41) is 0. The quantitative estimate of drug-likeness (QED) is 0.114. The first-order valence-corrected chi connectivity index (χ1v) is 47.4. The molecule has 660 valence electrons. The van der Waals surface area contributed by atoms with Crippen molar-refractivity contribution in [2.75, 3.05) is 47.8 Å². The van der Waals surface area contributed by atoms with E-state index in [1.54, 1.807) is 5.56 Å². The van der Waals surface area contributed by atoms with Gasteiger partial charge in [0.2, 0.25) is 0 Å². The van der Waals surface area contributed by atoms with Crippen molar-refractivity contribution >= 4 is 45.5 Å². The van der Waals surface area contributed by atoms with E-state index in [-0.39, 0.29) is 16.2 Å². The van der Waals surface area contributed by atoms with Gasteiger partial charge in [-0.2, -0.15) is 13.2 Å². The SMILES string of the molecule is CN(c1ccc(C(F)(F)F)cc1)c1ccc2c(c1)C(C)(C)c1ccccc1-2.CN(c1ccc2c(c1)C(c1ccccc1)(c1ccccc1)c1ccccc1-2)c1ccccc1-c1ccccc1.CN(c1ccc2c(c1)C1(CCCC1)c1ccccc1-2)c1ccccc1-c1ccccc1.CN(c1ccc2c(c1)C1(c3ccccc3-c3ccccc31)c1ccccc1-2)c1ccccc1-c1ccccc1. The van der Waals surface area contributed by atoms with Crippen molar-refractivity contribution in [2.24, 2.45) is 0 Å². The number of halogens is 3. The van der Waals surface area contributed by atoms with Crippen molar-refractivity contribution in [3.63, 3.8) is 0 Å². The first kappa shape index (κ1) is 85.6. The third kappa shape index (κ3) is 14.4. The summed E-state index contributed by atoms with van der Waals surface area (Å²) in [6.07, 6.45) is 0.866. The molecule has 19 aromatic rings. The van der Waals surface area contributed by atoms with Gasteiger partial charge in [0.1, 0.15) is 0 Å². The first-order valence-electron chi connectivity index (χ1n) is 47.4. The van der Waals surface area contributed by atoms with E-state index >= 15 is 0 Å². The lowest BCUT2D eigenvalue weighted by atomic mass is 9.67. The van der Waals surface area contributed by atoms with Crippen LogP contribution in [0.15, 0.2) is 467 Å². The zero-order valence-corrected chi connectivity index (χ0v) is 77.2. The lowest BCUT2D eigenvalue weighted by Crippen LogP contribution is -2.28. The second-order valence-corrected chi connectivity index (χ2v) is 37.3. The Kier molecular flexibility index (Phi) is 22.0. The van der Waals surface area contributed by atoms with Gasteiger partial charge in [-0.1, -0.05) is 403 Å². The van der Waals surface area contributed by atoms with Gasteiger partial charge in [-0.25, -0.2) is 0 Å². The number of anilines is 8. The van der Waals surface area contributed by atoms with E-state index in [0.29, 0.717) is 0 Å². The second-order valence-electron chi connectivity index (χ2n) is 37.3. The molecule has 0 unspecified atom stereocenters. The maximum atomic E-state index is 12.8. The molecule has 0 bridgehead atoms. The smallest absolute Gasteiger partial charge is 0.345 e. The van der Waals surface area contributed by atoms with Crippen LogP contribution in [0.25, 0.3) is 89.0 Å². The molecular formula is C129H103F3N4. The molecule has 2 spiro atoms. The molecule has 0 aliphatic heterocycles. The van der Waals surface area contributed by atoms with Crippen LogP contribution in [0.5, 0.6) is 0 Å². The molecule has 19 aromatic carbocycles. The highest BCUT2D eigenvalue weighted by molar-refractivity contribution is 5.98. The number of para-hydroxylation sites is 3.